The Kier molecular flexibility index (Phi) is 5.60. The van der Waals surface area contributed by atoms with E-state index in [1.54, 1.807) is 36.0 Å². The van der Waals surface area contributed by atoms with Gasteiger partial charge in [0.1, 0.15) is 5.37 Å². The number of nitrogens with zero attached hydrogens (tertiary/aromatic N) is 1. The van der Waals surface area contributed by atoms with Crippen molar-refractivity contribution < 1.29 is 9.59 Å². The van der Waals surface area contributed by atoms with Crippen LogP contribution in [0.3, 0.4) is 0 Å². The molecule has 0 bridgehead atoms. The average Bonchev–Trinajstić information content (AvgIpc) is 3.10. The van der Waals surface area contributed by atoms with E-state index in [4.69, 9.17) is 11.6 Å². The first-order valence-electron chi connectivity index (χ1n) is 9.20. The Morgan fingerprint density at radius 2 is 1.72 bits per heavy atom. The summed E-state index contributed by atoms with van der Waals surface area (Å²) in [5.74, 6) is 0.174. The van der Waals surface area contributed by atoms with Gasteiger partial charge >= 0.3 is 0 Å². The molecule has 29 heavy (non-hydrogen) atoms. The minimum absolute atomic E-state index is 0.0570. The summed E-state index contributed by atoms with van der Waals surface area (Å²) in [4.78, 5) is 27.3. The van der Waals surface area contributed by atoms with E-state index in [2.05, 4.69) is 5.32 Å². The van der Waals surface area contributed by atoms with Crippen molar-refractivity contribution in [2.45, 2.75) is 12.3 Å². The van der Waals surface area contributed by atoms with Crippen LogP contribution in [0.25, 0.3) is 0 Å². The summed E-state index contributed by atoms with van der Waals surface area (Å²) >= 11 is 7.73. The molecule has 1 aliphatic rings. The molecular formula is C23H19ClN2O2S. The molecule has 3 aromatic rings. The average molecular weight is 423 g/mol. The number of benzene rings is 3. The summed E-state index contributed by atoms with van der Waals surface area (Å²) < 4.78 is 0. The molecule has 0 radical (unpaired) electrons. The summed E-state index contributed by atoms with van der Waals surface area (Å²) in [5, 5.41) is 3.15. The Hall–Kier alpha value is -2.76. The third kappa shape index (κ3) is 3.88. The second kappa shape index (κ2) is 8.31. The highest BCUT2D eigenvalue weighted by Gasteiger charge is 2.36. The third-order valence-corrected chi connectivity index (χ3v) is 6.36. The lowest BCUT2D eigenvalue weighted by atomic mass is 10.1. The lowest BCUT2D eigenvalue weighted by molar-refractivity contribution is -0.115. The number of amides is 2. The number of para-hydroxylation sites is 2. The normalized spacial score (nSPS) is 16.1. The van der Waals surface area contributed by atoms with E-state index in [9.17, 15) is 9.59 Å². The smallest absolute Gasteiger partial charge is 0.257 e. The molecule has 1 N–H and O–H groups in total. The lowest BCUT2D eigenvalue weighted by Gasteiger charge is -2.27. The molecule has 0 saturated carbocycles. The molecule has 0 spiro atoms. The summed E-state index contributed by atoms with van der Waals surface area (Å²) in [6.07, 6.45) is 0. The molecule has 1 fully saturated rings. The molecule has 2 amide bonds. The molecule has 4 rings (SSSR count). The number of carbonyl (C=O) groups is 2. The number of carbonyl (C=O) groups excluding carboxylic acids is 2. The molecule has 0 unspecified atom stereocenters. The first kappa shape index (κ1) is 19.6. The fraction of sp³-hybridized carbons (Fsp3) is 0.130. The van der Waals surface area contributed by atoms with Gasteiger partial charge in [-0.15, -0.1) is 11.8 Å². The molecule has 4 nitrogen and oxygen atoms in total. The van der Waals surface area contributed by atoms with E-state index in [1.807, 2.05) is 60.4 Å². The van der Waals surface area contributed by atoms with Gasteiger partial charge in [-0.2, -0.15) is 0 Å². The van der Waals surface area contributed by atoms with E-state index >= 15 is 0 Å². The maximum atomic E-state index is 12.8. The number of thioether (sulfide) groups is 1. The van der Waals surface area contributed by atoms with Gasteiger partial charge in [-0.05, 0) is 36.8 Å². The van der Waals surface area contributed by atoms with Gasteiger partial charge in [-0.1, -0.05) is 60.1 Å². The number of halogens is 1. The molecule has 0 aliphatic carbocycles. The number of hydrogen-bond donors (Lipinski definition) is 1. The topological polar surface area (TPSA) is 49.4 Å². The Bertz CT molecular complexity index is 1090. The molecule has 0 aromatic heterocycles. The van der Waals surface area contributed by atoms with E-state index in [0.717, 1.165) is 16.8 Å². The number of rotatable bonds is 4. The lowest BCUT2D eigenvalue weighted by Crippen LogP contribution is -2.29. The van der Waals surface area contributed by atoms with Crippen LogP contribution in [0.1, 0.15) is 26.9 Å². The SMILES string of the molecule is Cc1ccccc1N1C(=O)CS[C@@H]1c1ccccc1NC(=O)c1ccccc1Cl. The summed E-state index contributed by atoms with van der Waals surface area (Å²) in [5.41, 5.74) is 3.88. The predicted octanol–water partition coefficient (Wildman–Crippen LogP) is 5.68. The minimum atomic E-state index is -0.278. The monoisotopic (exact) mass is 422 g/mol. The van der Waals surface area contributed by atoms with Crippen molar-refractivity contribution >= 4 is 46.6 Å². The van der Waals surface area contributed by atoms with Crippen molar-refractivity contribution in [3.63, 3.8) is 0 Å². The van der Waals surface area contributed by atoms with Gasteiger partial charge in [0.2, 0.25) is 5.91 Å². The number of hydrogen-bond acceptors (Lipinski definition) is 3. The number of anilines is 2. The maximum Gasteiger partial charge on any atom is 0.257 e. The Labute approximate surface area is 178 Å². The van der Waals surface area contributed by atoms with Gasteiger partial charge < -0.3 is 5.32 Å². The van der Waals surface area contributed by atoms with Crippen molar-refractivity contribution in [1.29, 1.82) is 0 Å². The molecule has 1 atom stereocenters. The van der Waals surface area contributed by atoms with Crippen molar-refractivity contribution in [2.75, 3.05) is 16.0 Å². The van der Waals surface area contributed by atoms with Gasteiger partial charge in [0, 0.05) is 16.9 Å². The fourth-order valence-corrected chi connectivity index (χ4v) is 4.84. The number of nitrogens with one attached hydrogen (secondary N) is 1. The van der Waals surface area contributed by atoms with Gasteiger partial charge in [0.25, 0.3) is 5.91 Å². The van der Waals surface area contributed by atoms with Crippen LogP contribution < -0.4 is 10.2 Å². The Balaban J connectivity index is 1.69. The number of aryl methyl sites for hydroxylation is 1. The van der Waals surface area contributed by atoms with Crippen LogP contribution in [0.4, 0.5) is 11.4 Å². The molecule has 3 aromatic carbocycles. The molecule has 146 valence electrons. The minimum Gasteiger partial charge on any atom is -0.322 e. The fourth-order valence-electron chi connectivity index (χ4n) is 3.41. The zero-order valence-electron chi connectivity index (χ0n) is 15.8. The highest BCUT2D eigenvalue weighted by atomic mass is 35.5. The van der Waals surface area contributed by atoms with Crippen LogP contribution in [0.15, 0.2) is 72.8 Å². The van der Waals surface area contributed by atoms with Crippen molar-refractivity contribution in [3.05, 3.63) is 94.5 Å². The van der Waals surface area contributed by atoms with Gasteiger partial charge in [0.05, 0.1) is 16.3 Å². The predicted molar refractivity (Wildman–Crippen MR) is 120 cm³/mol. The van der Waals surface area contributed by atoms with Crippen LogP contribution in [-0.4, -0.2) is 17.6 Å². The van der Waals surface area contributed by atoms with E-state index < -0.39 is 0 Å². The standard InChI is InChI=1S/C23H19ClN2O2S/c1-15-8-2-7-13-20(15)26-21(27)14-29-23(26)17-10-4-6-12-19(17)25-22(28)16-9-3-5-11-18(16)24/h2-13,23H,14H2,1H3,(H,25,28)/t23-/m1/s1. The van der Waals surface area contributed by atoms with Gasteiger partial charge in [-0.25, -0.2) is 0 Å². The molecule has 6 heteroatoms. The highest BCUT2D eigenvalue weighted by Crippen LogP contribution is 2.45. The van der Waals surface area contributed by atoms with E-state index in [1.165, 1.54) is 0 Å². The van der Waals surface area contributed by atoms with E-state index in [0.29, 0.717) is 22.0 Å². The first-order chi connectivity index (χ1) is 14.1. The zero-order valence-corrected chi connectivity index (χ0v) is 17.3. The van der Waals surface area contributed by atoms with Crippen LogP contribution in [-0.2, 0) is 4.79 Å². The van der Waals surface area contributed by atoms with Crippen LogP contribution >= 0.6 is 23.4 Å². The first-order valence-corrected chi connectivity index (χ1v) is 10.6. The Morgan fingerprint density at radius 1 is 1.03 bits per heavy atom. The quantitative estimate of drug-likeness (QED) is 0.588. The third-order valence-electron chi connectivity index (χ3n) is 4.84. The second-order valence-electron chi connectivity index (χ2n) is 6.73. The maximum absolute atomic E-state index is 12.8. The highest BCUT2D eigenvalue weighted by molar-refractivity contribution is 8.00. The molecule has 1 heterocycles. The van der Waals surface area contributed by atoms with Crippen molar-refractivity contribution in [2.24, 2.45) is 0 Å². The van der Waals surface area contributed by atoms with Gasteiger partial charge in [-0.3, -0.25) is 14.5 Å². The molecule has 1 aliphatic heterocycles. The van der Waals surface area contributed by atoms with Crippen LogP contribution in [0.5, 0.6) is 0 Å². The van der Waals surface area contributed by atoms with Crippen LogP contribution in [0, 0.1) is 6.92 Å². The largest absolute Gasteiger partial charge is 0.322 e. The van der Waals surface area contributed by atoms with Crippen LogP contribution in [0.2, 0.25) is 5.02 Å². The van der Waals surface area contributed by atoms with Crippen molar-refractivity contribution in [1.82, 2.24) is 0 Å². The second-order valence-corrected chi connectivity index (χ2v) is 8.21. The summed E-state index contributed by atoms with van der Waals surface area (Å²) in [6.45, 7) is 1.99. The molecule has 1 saturated heterocycles. The summed E-state index contributed by atoms with van der Waals surface area (Å²) in [6, 6.07) is 22.4. The summed E-state index contributed by atoms with van der Waals surface area (Å²) in [7, 11) is 0. The Morgan fingerprint density at radius 3 is 2.52 bits per heavy atom. The van der Waals surface area contributed by atoms with Gasteiger partial charge in [0.15, 0.2) is 0 Å². The zero-order chi connectivity index (χ0) is 20.4. The van der Waals surface area contributed by atoms with E-state index in [-0.39, 0.29) is 17.2 Å². The van der Waals surface area contributed by atoms with Crippen molar-refractivity contribution in [3.8, 4) is 0 Å². The molecular weight excluding hydrogens is 404 g/mol.